The van der Waals surface area contributed by atoms with Gasteiger partial charge in [-0.2, -0.15) is 0 Å². The second kappa shape index (κ2) is 10.5. The summed E-state index contributed by atoms with van der Waals surface area (Å²) in [6.07, 6.45) is 6.75. The second-order valence-corrected chi connectivity index (χ2v) is 11.3. The topological polar surface area (TPSA) is 88.2 Å². The van der Waals surface area contributed by atoms with Gasteiger partial charge in [-0.3, -0.25) is 14.4 Å². The first kappa shape index (κ1) is 23.9. The molecule has 1 amide bonds. The number of carbonyl (C=O) groups excluding carboxylic acids is 1. The molecule has 1 saturated carbocycles. The van der Waals surface area contributed by atoms with E-state index in [0.29, 0.717) is 36.0 Å². The van der Waals surface area contributed by atoms with Crippen molar-refractivity contribution in [3.8, 4) is 11.5 Å². The van der Waals surface area contributed by atoms with E-state index in [4.69, 9.17) is 9.47 Å². The van der Waals surface area contributed by atoms with Crippen LogP contribution in [0.4, 0.5) is 5.69 Å². The largest absolute Gasteiger partial charge is 0.486 e. The van der Waals surface area contributed by atoms with Gasteiger partial charge in [0.05, 0.1) is 4.90 Å². The molecule has 3 aliphatic rings. The van der Waals surface area contributed by atoms with Gasteiger partial charge in [-0.15, -0.1) is 0 Å². The predicted molar refractivity (Wildman–Crippen MR) is 134 cm³/mol. The van der Waals surface area contributed by atoms with E-state index >= 15 is 0 Å². The molecule has 1 N–H and O–H groups in total. The Kier molecular flexibility index (Phi) is 7.15. The fourth-order valence-electron chi connectivity index (χ4n) is 5.14. The minimum Gasteiger partial charge on any atom is -0.486 e. The maximum Gasteiger partial charge on any atom is 0.262 e. The molecule has 8 nitrogen and oxygen atoms in total. The van der Waals surface area contributed by atoms with Crippen LogP contribution in [0.15, 0.2) is 47.4 Å². The lowest BCUT2D eigenvalue weighted by Gasteiger charge is -2.37. The summed E-state index contributed by atoms with van der Waals surface area (Å²) in [6, 6.07) is 11.2. The molecule has 0 radical (unpaired) electrons. The molecule has 5 rings (SSSR count). The number of amides is 1. The van der Waals surface area contributed by atoms with Crippen LogP contribution in [-0.4, -0.2) is 70.1 Å². The summed E-state index contributed by atoms with van der Waals surface area (Å²) in [5.74, 6) is 1.75. The quantitative estimate of drug-likeness (QED) is 0.654. The number of hydrogen-bond donors (Lipinski definition) is 1. The van der Waals surface area contributed by atoms with Crippen molar-refractivity contribution in [2.75, 3.05) is 50.7 Å². The number of hydrogen-bond acceptors (Lipinski definition) is 6. The van der Waals surface area contributed by atoms with E-state index in [1.54, 1.807) is 30.3 Å². The van der Waals surface area contributed by atoms with Crippen LogP contribution in [0.1, 0.15) is 42.5 Å². The molecule has 0 aromatic heterocycles. The molecule has 1 aliphatic carbocycles. The molecule has 2 fully saturated rings. The number of sulfonamides is 1. The van der Waals surface area contributed by atoms with E-state index < -0.39 is 10.0 Å². The molecule has 2 aliphatic heterocycles. The Morgan fingerprint density at radius 2 is 1.57 bits per heavy atom. The average Bonchev–Trinajstić information content (AvgIpc) is 2.89. The summed E-state index contributed by atoms with van der Waals surface area (Å²) in [5.41, 5.74) is 0.960. The van der Waals surface area contributed by atoms with Crippen molar-refractivity contribution in [2.45, 2.75) is 37.0 Å². The SMILES string of the molecule is O=C(c1ccc(NS(=O)(=O)c2ccc3c(c2)OCCO3)cc1)N1CCN(CC2CCCCC2)CC1. The van der Waals surface area contributed by atoms with Gasteiger partial charge in [-0.05, 0) is 55.2 Å². The fraction of sp³-hybridized carbons (Fsp3) is 0.500. The van der Waals surface area contributed by atoms with Crippen LogP contribution >= 0.6 is 0 Å². The van der Waals surface area contributed by atoms with E-state index in [1.165, 1.54) is 44.2 Å². The van der Waals surface area contributed by atoms with Gasteiger partial charge in [0.25, 0.3) is 15.9 Å². The molecule has 0 bridgehead atoms. The second-order valence-electron chi connectivity index (χ2n) is 9.59. The molecule has 2 aromatic rings. The molecular weight excluding hydrogens is 466 g/mol. The smallest absolute Gasteiger partial charge is 0.262 e. The highest BCUT2D eigenvalue weighted by Gasteiger charge is 2.25. The van der Waals surface area contributed by atoms with Gasteiger partial charge >= 0.3 is 0 Å². The van der Waals surface area contributed by atoms with Gasteiger partial charge in [0.2, 0.25) is 0 Å². The van der Waals surface area contributed by atoms with Gasteiger partial charge in [0.1, 0.15) is 13.2 Å². The Hall–Kier alpha value is -2.78. The van der Waals surface area contributed by atoms with Gasteiger partial charge < -0.3 is 14.4 Å². The summed E-state index contributed by atoms with van der Waals surface area (Å²) in [5, 5.41) is 0. The van der Waals surface area contributed by atoms with Crippen molar-refractivity contribution < 1.29 is 22.7 Å². The van der Waals surface area contributed by atoms with E-state index in [-0.39, 0.29) is 10.8 Å². The van der Waals surface area contributed by atoms with Crippen LogP contribution < -0.4 is 14.2 Å². The molecule has 0 atom stereocenters. The minimum absolute atomic E-state index is 0.0106. The Balaban J connectivity index is 1.16. The molecule has 1 saturated heterocycles. The third kappa shape index (κ3) is 5.73. The third-order valence-corrected chi connectivity index (χ3v) is 8.49. The van der Waals surface area contributed by atoms with Crippen LogP contribution in [0, 0.1) is 5.92 Å². The molecule has 9 heteroatoms. The summed E-state index contributed by atoms with van der Waals surface area (Å²) in [6.45, 7) is 5.26. The summed E-state index contributed by atoms with van der Waals surface area (Å²) < 4.78 is 39.2. The highest BCUT2D eigenvalue weighted by molar-refractivity contribution is 7.92. The number of benzene rings is 2. The van der Waals surface area contributed by atoms with Gasteiger partial charge in [-0.25, -0.2) is 8.42 Å². The van der Waals surface area contributed by atoms with E-state index in [0.717, 1.165) is 38.6 Å². The maximum atomic E-state index is 13.0. The molecule has 2 aromatic carbocycles. The highest BCUT2D eigenvalue weighted by Crippen LogP contribution is 2.33. The van der Waals surface area contributed by atoms with E-state index in [9.17, 15) is 13.2 Å². The van der Waals surface area contributed by atoms with Crippen molar-refractivity contribution in [3.63, 3.8) is 0 Å². The van der Waals surface area contributed by atoms with Gasteiger partial charge in [0, 0.05) is 50.0 Å². The van der Waals surface area contributed by atoms with E-state index in [1.807, 2.05) is 4.90 Å². The summed E-state index contributed by atoms with van der Waals surface area (Å²) >= 11 is 0. The van der Waals surface area contributed by atoms with Gasteiger partial charge in [-0.1, -0.05) is 19.3 Å². The first-order valence-corrected chi connectivity index (χ1v) is 14.0. The van der Waals surface area contributed by atoms with Crippen LogP contribution in [0.2, 0.25) is 0 Å². The molecule has 2 heterocycles. The molecular formula is C26H33N3O5S. The standard InChI is InChI=1S/C26H33N3O5S/c30-26(29-14-12-28(13-15-29)19-20-4-2-1-3-5-20)21-6-8-22(9-7-21)27-35(31,32)23-10-11-24-25(18-23)34-17-16-33-24/h6-11,18,20,27H,1-5,12-17,19H2. The number of anilines is 1. The van der Waals surface area contributed by atoms with Crippen molar-refractivity contribution in [2.24, 2.45) is 5.92 Å². The fourth-order valence-corrected chi connectivity index (χ4v) is 6.21. The maximum absolute atomic E-state index is 13.0. The Labute approximate surface area is 207 Å². The van der Waals surface area contributed by atoms with Crippen molar-refractivity contribution in [1.29, 1.82) is 0 Å². The molecule has 188 valence electrons. The number of piperazine rings is 1. The Bertz CT molecular complexity index is 1140. The zero-order chi connectivity index (χ0) is 24.3. The van der Waals surface area contributed by atoms with Crippen molar-refractivity contribution in [3.05, 3.63) is 48.0 Å². The van der Waals surface area contributed by atoms with Crippen molar-refractivity contribution in [1.82, 2.24) is 9.80 Å². The van der Waals surface area contributed by atoms with Gasteiger partial charge in [0.15, 0.2) is 11.5 Å². The lowest BCUT2D eigenvalue weighted by atomic mass is 9.89. The number of nitrogens with zero attached hydrogens (tertiary/aromatic N) is 2. The monoisotopic (exact) mass is 499 g/mol. The Morgan fingerprint density at radius 3 is 2.29 bits per heavy atom. The number of ether oxygens (including phenoxy) is 2. The molecule has 0 unspecified atom stereocenters. The number of carbonyl (C=O) groups is 1. The zero-order valence-corrected chi connectivity index (χ0v) is 20.8. The first-order valence-electron chi connectivity index (χ1n) is 12.5. The average molecular weight is 500 g/mol. The number of fused-ring (bicyclic) bond motifs is 1. The lowest BCUT2D eigenvalue weighted by molar-refractivity contribution is 0.0606. The minimum atomic E-state index is -3.81. The molecule has 35 heavy (non-hydrogen) atoms. The zero-order valence-electron chi connectivity index (χ0n) is 19.9. The third-order valence-electron chi connectivity index (χ3n) is 7.11. The predicted octanol–water partition coefficient (Wildman–Crippen LogP) is 3.60. The first-order chi connectivity index (χ1) is 17.0. The summed E-state index contributed by atoms with van der Waals surface area (Å²) in [4.78, 5) is 17.5. The summed E-state index contributed by atoms with van der Waals surface area (Å²) in [7, 11) is -3.81. The number of rotatable bonds is 6. The van der Waals surface area contributed by atoms with Crippen LogP contribution in [-0.2, 0) is 10.0 Å². The molecule has 0 spiro atoms. The number of nitrogens with one attached hydrogen (secondary N) is 1. The van der Waals surface area contributed by atoms with Crippen LogP contribution in [0.3, 0.4) is 0 Å². The Morgan fingerprint density at radius 1 is 0.886 bits per heavy atom. The normalized spacial score (nSPS) is 19.4. The van der Waals surface area contributed by atoms with Crippen LogP contribution in [0.25, 0.3) is 0 Å². The highest BCUT2D eigenvalue weighted by atomic mass is 32.2. The van der Waals surface area contributed by atoms with E-state index in [2.05, 4.69) is 9.62 Å². The van der Waals surface area contributed by atoms with Crippen LogP contribution in [0.5, 0.6) is 11.5 Å². The van der Waals surface area contributed by atoms with Crippen molar-refractivity contribution >= 4 is 21.6 Å². The lowest BCUT2D eigenvalue weighted by Crippen LogP contribution is -2.49.